The van der Waals surface area contributed by atoms with Crippen LogP contribution in [0.2, 0.25) is 0 Å². The molecule has 4 nitrogen and oxygen atoms in total. The minimum absolute atomic E-state index is 0.219. The van der Waals surface area contributed by atoms with Crippen LogP contribution in [0.4, 0.5) is 0 Å². The first-order valence-electron chi connectivity index (χ1n) is 8.28. The van der Waals surface area contributed by atoms with Gasteiger partial charge in [0.1, 0.15) is 0 Å². The quantitative estimate of drug-likeness (QED) is 0.787. The molecule has 2 aliphatic carbocycles. The average Bonchev–Trinajstić information content (AvgIpc) is 2.98. The van der Waals surface area contributed by atoms with Crippen molar-refractivity contribution in [3.05, 3.63) is 0 Å². The van der Waals surface area contributed by atoms with Crippen molar-refractivity contribution in [3.63, 3.8) is 0 Å². The summed E-state index contributed by atoms with van der Waals surface area (Å²) in [5.41, 5.74) is 0. The van der Waals surface area contributed by atoms with Gasteiger partial charge in [-0.25, -0.2) is 0 Å². The number of carbonyl (C=O) groups excluding carboxylic acids is 1. The normalized spacial score (nSPS) is 24.5. The van der Waals surface area contributed by atoms with Gasteiger partial charge in [-0.1, -0.05) is 32.1 Å². The topological polar surface area (TPSA) is 58.6 Å². The Morgan fingerprint density at radius 1 is 1.15 bits per heavy atom. The molecular weight excluding hydrogens is 254 g/mol. The highest BCUT2D eigenvalue weighted by Crippen LogP contribution is 2.24. The highest BCUT2D eigenvalue weighted by Gasteiger charge is 2.27. The van der Waals surface area contributed by atoms with Crippen molar-refractivity contribution in [1.29, 1.82) is 0 Å². The average molecular weight is 283 g/mol. The predicted octanol–water partition coefficient (Wildman–Crippen LogP) is 2.39. The van der Waals surface area contributed by atoms with Gasteiger partial charge in [-0.3, -0.25) is 4.79 Å². The van der Waals surface area contributed by atoms with Gasteiger partial charge in [0.2, 0.25) is 0 Å². The van der Waals surface area contributed by atoms with Crippen molar-refractivity contribution in [3.8, 4) is 0 Å². The van der Waals surface area contributed by atoms with E-state index < -0.39 is 12.2 Å². The molecule has 0 saturated heterocycles. The van der Waals surface area contributed by atoms with E-state index in [1.54, 1.807) is 6.92 Å². The Labute approximate surface area is 122 Å². The Hall–Kier alpha value is -0.610. The number of rotatable bonds is 6. The van der Waals surface area contributed by atoms with Gasteiger partial charge < -0.3 is 15.2 Å². The van der Waals surface area contributed by atoms with E-state index in [0.717, 1.165) is 12.8 Å². The van der Waals surface area contributed by atoms with E-state index in [4.69, 9.17) is 4.74 Å². The van der Waals surface area contributed by atoms with Gasteiger partial charge in [-0.05, 0) is 38.5 Å². The van der Waals surface area contributed by atoms with E-state index in [1.807, 2.05) is 0 Å². The number of amides is 1. The second-order valence-corrected chi connectivity index (χ2v) is 6.44. The van der Waals surface area contributed by atoms with Crippen LogP contribution in [0.25, 0.3) is 0 Å². The van der Waals surface area contributed by atoms with Crippen LogP contribution < -0.4 is 5.32 Å². The molecule has 0 spiro atoms. The Morgan fingerprint density at radius 3 is 2.40 bits per heavy atom. The SMILES string of the molecule is CC(OC1CCCCC1)C(O)C(=O)NCC1CCCC1. The molecule has 20 heavy (non-hydrogen) atoms. The molecule has 0 heterocycles. The Balaban J connectivity index is 1.67. The van der Waals surface area contributed by atoms with Crippen LogP contribution in [0, 0.1) is 5.92 Å². The number of aliphatic hydroxyl groups is 1. The number of ether oxygens (including phenoxy) is 1. The Kier molecular flexibility index (Phi) is 6.30. The van der Waals surface area contributed by atoms with Crippen molar-refractivity contribution in [2.24, 2.45) is 5.92 Å². The second-order valence-electron chi connectivity index (χ2n) is 6.44. The lowest BCUT2D eigenvalue weighted by atomic mass is 9.97. The fourth-order valence-electron chi connectivity index (χ4n) is 3.36. The third-order valence-electron chi connectivity index (χ3n) is 4.71. The third kappa shape index (κ3) is 4.74. The Morgan fingerprint density at radius 2 is 1.75 bits per heavy atom. The summed E-state index contributed by atoms with van der Waals surface area (Å²) in [7, 11) is 0. The van der Waals surface area contributed by atoms with Gasteiger partial charge in [-0.15, -0.1) is 0 Å². The van der Waals surface area contributed by atoms with Crippen LogP contribution in [0.1, 0.15) is 64.7 Å². The summed E-state index contributed by atoms with van der Waals surface area (Å²) in [6.07, 6.45) is 9.47. The maximum Gasteiger partial charge on any atom is 0.251 e. The molecule has 0 bridgehead atoms. The summed E-state index contributed by atoms with van der Waals surface area (Å²) in [6.45, 7) is 2.50. The lowest BCUT2D eigenvalue weighted by molar-refractivity contribution is -0.141. The van der Waals surface area contributed by atoms with Crippen LogP contribution in [0.3, 0.4) is 0 Å². The van der Waals surface area contributed by atoms with Crippen LogP contribution >= 0.6 is 0 Å². The van der Waals surface area contributed by atoms with Crippen LogP contribution in [0.15, 0.2) is 0 Å². The maximum atomic E-state index is 11.9. The first-order valence-corrected chi connectivity index (χ1v) is 8.28. The largest absolute Gasteiger partial charge is 0.381 e. The minimum atomic E-state index is -1.04. The maximum absolute atomic E-state index is 11.9. The molecule has 116 valence electrons. The summed E-state index contributed by atoms with van der Waals surface area (Å²) in [6, 6.07) is 0. The van der Waals surface area contributed by atoms with Gasteiger partial charge in [-0.2, -0.15) is 0 Å². The number of carbonyl (C=O) groups is 1. The zero-order valence-electron chi connectivity index (χ0n) is 12.6. The molecule has 0 radical (unpaired) electrons. The fraction of sp³-hybridized carbons (Fsp3) is 0.938. The zero-order valence-corrected chi connectivity index (χ0v) is 12.6. The molecule has 0 aliphatic heterocycles. The van der Waals surface area contributed by atoms with Crippen LogP contribution in [0.5, 0.6) is 0 Å². The minimum Gasteiger partial charge on any atom is -0.381 e. The molecule has 2 saturated carbocycles. The molecule has 2 atom stereocenters. The second kappa shape index (κ2) is 7.99. The van der Waals surface area contributed by atoms with E-state index in [2.05, 4.69) is 5.32 Å². The first kappa shape index (κ1) is 15.8. The molecular formula is C16H29NO3. The molecule has 2 unspecified atom stereocenters. The van der Waals surface area contributed by atoms with E-state index >= 15 is 0 Å². The summed E-state index contributed by atoms with van der Waals surface area (Å²) >= 11 is 0. The molecule has 0 aromatic carbocycles. The molecule has 2 fully saturated rings. The molecule has 2 rings (SSSR count). The van der Waals surface area contributed by atoms with E-state index in [1.165, 1.54) is 44.9 Å². The zero-order chi connectivity index (χ0) is 14.4. The van der Waals surface area contributed by atoms with Crippen molar-refractivity contribution in [2.45, 2.75) is 83.0 Å². The van der Waals surface area contributed by atoms with Crippen molar-refractivity contribution < 1.29 is 14.6 Å². The lowest BCUT2D eigenvalue weighted by Gasteiger charge is -2.28. The van der Waals surface area contributed by atoms with Crippen molar-refractivity contribution in [2.75, 3.05) is 6.54 Å². The van der Waals surface area contributed by atoms with E-state index in [9.17, 15) is 9.90 Å². The lowest BCUT2D eigenvalue weighted by Crippen LogP contribution is -2.44. The standard InChI is InChI=1S/C16H29NO3/c1-12(20-14-9-3-2-4-10-14)15(18)16(19)17-11-13-7-5-6-8-13/h12-15,18H,2-11H2,1H3,(H,17,19). The van der Waals surface area contributed by atoms with Gasteiger partial charge >= 0.3 is 0 Å². The summed E-state index contributed by atoms with van der Waals surface area (Å²) in [5, 5.41) is 12.9. The molecule has 4 heteroatoms. The highest BCUT2D eigenvalue weighted by atomic mass is 16.5. The van der Waals surface area contributed by atoms with Gasteiger partial charge in [0.25, 0.3) is 5.91 Å². The number of hydrogen-bond acceptors (Lipinski definition) is 3. The number of hydrogen-bond donors (Lipinski definition) is 2. The summed E-state index contributed by atoms with van der Waals surface area (Å²) < 4.78 is 5.84. The van der Waals surface area contributed by atoms with Crippen LogP contribution in [-0.2, 0) is 9.53 Å². The number of nitrogens with one attached hydrogen (secondary N) is 1. The van der Waals surface area contributed by atoms with Crippen molar-refractivity contribution in [1.82, 2.24) is 5.32 Å². The predicted molar refractivity (Wildman–Crippen MR) is 78.4 cm³/mol. The Bertz CT molecular complexity index is 296. The first-order chi connectivity index (χ1) is 9.66. The van der Waals surface area contributed by atoms with E-state index in [0.29, 0.717) is 12.5 Å². The third-order valence-corrected chi connectivity index (χ3v) is 4.71. The molecule has 2 aliphatic rings. The van der Waals surface area contributed by atoms with E-state index in [-0.39, 0.29) is 12.0 Å². The molecule has 0 aromatic heterocycles. The smallest absolute Gasteiger partial charge is 0.251 e. The van der Waals surface area contributed by atoms with Gasteiger partial charge in [0.05, 0.1) is 12.2 Å². The van der Waals surface area contributed by atoms with Gasteiger partial charge in [0, 0.05) is 6.54 Å². The molecule has 0 aromatic rings. The van der Waals surface area contributed by atoms with Crippen molar-refractivity contribution >= 4 is 5.91 Å². The summed E-state index contributed by atoms with van der Waals surface area (Å²) in [4.78, 5) is 11.9. The van der Waals surface area contributed by atoms with Crippen LogP contribution in [-0.4, -0.2) is 35.9 Å². The summed E-state index contributed by atoms with van der Waals surface area (Å²) in [5.74, 6) is 0.320. The molecule has 2 N–H and O–H groups in total. The number of aliphatic hydroxyl groups excluding tert-OH is 1. The molecule has 1 amide bonds. The fourth-order valence-corrected chi connectivity index (χ4v) is 3.36. The highest BCUT2D eigenvalue weighted by molar-refractivity contribution is 5.81. The monoisotopic (exact) mass is 283 g/mol. The van der Waals surface area contributed by atoms with Gasteiger partial charge in [0.15, 0.2) is 6.10 Å².